The van der Waals surface area contributed by atoms with Crippen molar-refractivity contribution in [2.45, 2.75) is 45.3 Å². The minimum atomic E-state index is -1.87. The third kappa shape index (κ3) is 3.91. The van der Waals surface area contributed by atoms with Crippen LogP contribution in [0, 0.1) is 6.92 Å². The summed E-state index contributed by atoms with van der Waals surface area (Å²) in [4.78, 5) is 28.0. The summed E-state index contributed by atoms with van der Waals surface area (Å²) in [5.74, 6) is -0.341. The van der Waals surface area contributed by atoms with Gasteiger partial charge in [-0.3, -0.25) is 9.59 Å². The van der Waals surface area contributed by atoms with Gasteiger partial charge in [0.2, 0.25) is 0 Å². The number of hydrogen-bond acceptors (Lipinski definition) is 3. The van der Waals surface area contributed by atoms with Crippen molar-refractivity contribution in [2.24, 2.45) is 0 Å². The number of benzene rings is 3. The first-order chi connectivity index (χ1) is 14.8. The average Bonchev–Trinajstić information content (AvgIpc) is 2.97. The molecule has 1 aliphatic heterocycles. The quantitative estimate of drug-likeness (QED) is 0.570. The van der Waals surface area contributed by atoms with E-state index in [2.05, 4.69) is 13.8 Å². The Morgan fingerprint density at radius 1 is 0.968 bits per heavy atom. The van der Waals surface area contributed by atoms with E-state index in [1.165, 1.54) is 0 Å². The summed E-state index contributed by atoms with van der Waals surface area (Å²) < 4.78 is 0. The highest BCUT2D eigenvalue weighted by Crippen LogP contribution is 2.43. The Balaban J connectivity index is 1.63. The first-order valence-corrected chi connectivity index (χ1v) is 10.6. The lowest BCUT2D eigenvalue weighted by Gasteiger charge is -2.23. The number of aryl methyl sites for hydroxylation is 1. The van der Waals surface area contributed by atoms with Crippen LogP contribution in [0.1, 0.15) is 58.8 Å². The van der Waals surface area contributed by atoms with Gasteiger partial charge in [0.1, 0.15) is 0 Å². The van der Waals surface area contributed by atoms with E-state index in [1.807, 2.05) is 55.5 Å². The van der Waals surface area contributed by atoms with Crippen LogP contribution in [0.15, 0.2) is 72.8 Å². The molecule has 0 saturated carbocycles. The van der Waals surface area contributed by atoms with Gasteiger partial charge in [-0.2, -0.15) is 0 Å². The van der Waals surface area contributed by atoms with E-state index in [4.69, 9.17) is 0 Å². The van der Waals surface area contributed by atoms with E-state index in [1.54, 1.807) is 29.2 Å². The average molecular weight is 414 g/mol. The molecule has 1 aliphatic rings. The number of carbonyl (C=O) groups is 2. The lowest BCUT2D eigenvalue weighted by Crippen LogP contribution is -2.41. The van der Waals surface area contributed by atoms with Crippen molar-refractivity contribution < 1.29 is 14.7 Å². The molecule has 0 unspecified atom stereocenters. The fourth-order valence-electron chi connectivity index (χ4n) is 4.10. The van der Waals surface area contributed by atoms with Gasteiger partial charge in [0.25, 0.3) is 5.91 Å². The van der Waals surface area contributed by atoms with E-state index < -0.39 is 11.5 Å². The Bertz CT molecular complexity index is 1120. The van der Waals surface area contributed by atoms with Crippen LogP contribution in [0.4, 0.5) is 5.69 Å². The number of amides is 1. The summed E-state index contributed by atoms with van der Waals surface area (Å²) in [5.41, 5.74) is 3.02. The molecule has 0 spiro atoms. The number of Topliss-reactive ketones (excluding diaryl/α,β-unsaturated/α-hetero) is 1. The van der Waals surface area contributed by atoms with Crippen molar-refractivity contribution in [1.29, 1.82) is 0 Å². The number of nitrogens with zero attached hydrogens (tertiary/aromatic N) is 1. The fourth-order valence-corrected chi connectivity index (χ4v) is 4.10. The van der Waals surface area contributed by atoms with Gasteiger partial charge >= 0.3 is 0 Å². The van der Waals surface area contributed by atoms with E-state index in [0.29, 0.717) is 29.3 Å². The minimum absolute atomic E-state index is 0.252. The first-order valence-electron chi connectivity index (χ1n) is 10.6. The van der Waals surface area contributed by atoms with Gasteiger partial charge in [-0.15, -0.1) is 0 Å². The second kappa shape index (κ2) is 8.12. The summed E-state index contributed by atoms with van der Waals surface area (Å²) in [5, 5.41) is 11.5. The van der Waals surface area contributed by atoms with Crippen LogP contribution in [0.25, 0.3) is 0 Å². The predicted octanol–water partition coefficient (Wildman–Crippen LogP) is 5.13. The number of hydrogen-bond donors (Lipinski definition) is 1. The summed E-state index contributed by atoms with van der Waals surface area (Å²) >= 11 is 0. The van der Waals surface area contributed by atoms with E-state index in [9.17, 15) is 14.7 Å². The summed E-state index contributed by atoms with van der Waals surface area (Å²) in [6.45, 7) is 6.54. The van der Waals surface area contributed by atoms with Crippen LogP contribution in [-0.4, -0.2) is 16.8 Å². The van der Waals surface area contributed by atoms with Gasteiger partial charge in [0.05, 0.1) is 18.7 Å². The van der Waals surface area contributed by atoms with Gasteiger partial charge < -0.3 is 10.0 Å². The largest absolute Gasteiger partial charge is 0.375 e. The van der Waals surface area contributed by atoms with Gasteiger partial charge in [-0.1, -0.05) is 86.1 Å². The van der Waals surface area contributed by atoms with Crippen molar-refractivity contribution in [3.05, 3.63) is 101 Å². The molecule has 4 nitrogen and oxygen atoms in total. The number of para-hydroxylation sites is 1. The Morgan fingerprint density at radius 2 is 1.61 bits per heavy atom. The fraction of sp³-hybridized carbons (Fsp3) is 0.259. The van der Waals surface area contributed by atoms with Crippen LogP contribution in [0.5, 0.6) is 0 Å². The van der Waals surface area contributed by atoms with Crippen LogP contribution in [0.3, 0.4) is 0 Å². The van der Waals surface area contributed by atoms with Crippen molar-refractivity contribution in [1.82, 2.24) is 0 Å². The summed E-state index contributed by atoms with van der Waals surface area (Å²) in [7, 11) is 0. The zero-order valence-corrected chi connectivity index (χ0v) is 18.1. The molecule has 1 heterocycles. The monoisotopic (exact) mass is 413 g/mol. The SMILES string of the molecule is Cc1ccc(CN2C(=O)[C@@](O)(CC(=O)c3ccc(C(C)C)cc3)c3ccccc32)cc1. The lowest BCUT2D eigenvalue weighted by atomic mass is 9.87. The van der Waals surface area contributed by atoms with Crippen molar-refractivity contribution in [3.8, 4) is 0 Å². The highest BCUT2D eigenvalue weighted by atomic mass is 16.3. The summed E-state index contributed by atoms with van der Waals surface area (Å²) in [6.07, 6.45) is -0.283. The molecule has 158 valence electrons. The van der Waals surface area contributed by atoms with Gasteiger partial charge in [-0.25, -0.2) is 0 Å². The maximum absolute atomic E-state index is 13.4. The topological polar surface area (TPSA) is 57.6 Å². The number of aliphatic hydroxyl groups is 1. The highest BCUT2D eigenvalue weighted by molar-refractivity contribution is 6.10. The normalized spacial score (nSPS) is 17.8. The lowest BCUT2D eigenvalue weighted by molar-refractivity contribution is -0.136. The highest BCUT2D eigenvalue weighted by Gasteiger charge is 2.50. The number of anilines is 1. The minimum Gasteiger partial charge on any atom is -0.375 e. The molecule has 0 aliphatic carbocycles. The molecule has 4 rings (SSSR count). The zero-order valence-electron chi connectivity index (χ0n) is 18.1. The Morgan fingerprint density at radius 3 is 2.26 bits per heavy atom. The second-order valence-corrected chi connectivity index (χ2v) is 8.63. The molecule has 0 radical (unpaired) electrons. The molecule has 1 N–H and O–H groups in total. The third-order valence-electron chi connectivity index (χ3n) is 6.02. The third-order valence-corrected chi connectivity index (χ3v) is 6.02. The number of fused-ring (bicyclic) bond motifs is 1. The molecular weight excluding hydrogens is 386 g/mol. The standard InChI is InChI=1S/C27H27NO3/c1-18(2)21-12-14-22(15-13-21)25(29)16-27(31)23-6-4-5-7-24(23)28(26(27)30)17-20-10-8-19(3)9-11-20/h4-15,18,31H,16-17H2,1-3H3/t27-/m1/s1. The Labute approximate surface area is 183 Å². The van der Waals surface area contributed by atoms with E-state index in [-0.39, 0.29) is 12.2 Å². The van der Waals surface area contributed by atoms with E-state index >= 15 is 0 Å². The Kier molecular flexibility index (Phi) is 5.50. The molecule has 0 bridgehead atoms. The maximum Gasteiger partial charge on any atom is 0.264 e. The van der Waals surface area contributed by atoms with Gasteiger partial charge in [-0.05, 0) is 30.0 Å². The van der Waals surface area contributed by atoms with Crippen molar-refractivity contribution >= 4 is 17.4 Å². The van der Waals surface area contributed by atoms with Crippen LogP contribution in [-0.2, 0) is 16.9 Å². The molecule has 3 aromatic rings. The summed E-state index contributed by atoms with van der Waals surface area (Å²) in [6, 6.07) is 22.5. The molecule has 3 aromatic carbocycles. The van der Waals surface area contributed by atoms with Crippen LogP contribution < -0.4 is 4.90 Å². The molecule has 1 atom stereocenters. The number of ketones is 1. The van der Waals surface area contributed by atoms with Crippen LogP contribution in [0.2, 0.25) is 0 Å². The smallest absolute Gasteiger partial charge is 0.264 e. The molecule has 4 heteroatoms. The molecule has 31 heavy (non-hydrogen) atoms. The van der Waals surface area contributed by atoms with Crippen molar-refractivity contribution in [3.63, 3.8) is 0 Å². The maximum atomic E-state index is 13.4. The van der Waals surface area contributed by atoms with Gasteiger partial charge in [0, 0.05) is 11.1 Å². The van der Waals surface area contributed by atoms with Crippen molar-refractivity contribution in [2.75, 3.05) is 4.90 Å². The first kappa shape index (κ1) is 21.0. The van der Waals surface area contributed by atoms with Crippen LogP contribution >= 0.6 is 0 Å². The zero-order chi connectivity index (χ0) is 22.2. The molecule has 0 aromatic heterocycles. The predicted molar refractivity (Wildman–Crippen MR) is 122 cm³/mol. The Hall–Kier alpha value is -3.24. The number of rotatable bonds is 6. The number of carbonyl (C=O) groups excluding carboxylic acids is 2. The molecular formula is C27H27NO3. The molecule has 0 saturated heterocycles. The van der Waals surface area contributed by atoms with Gasteiger partial charge in [0.15, 0.2) is 11.4 Å². The molecule has 1 amide bonds. The molecule has 0 fully saturated rings. The van der Waals surface area contributed by atoms with E-state index in [0.717, 1.165) is 16.7 Å². The second-order valence-electron chi connectivity index (χ2n) is 8.63.